The first kappa shape index (κ1) is 12.1. The highest BCUT2D eigenvalue weighted by molar-refractivity contribution is 9.09. The van der Waals surface area contributed by atoms with Gasteiger partial charge in [-0.05, 0) is 6.26 Å². The molecule has 2 heterocycles. The molecule has 1 aliphatic heterocycles. The smallest absolute Gasteiger partial charge is 0.133 e. The Labute approximate surface area is 108 Å². The van der Waals surface area contributed by atoms with E-state index >= 15 is 0 Å². The second-order valence-electron chi connectivity index (χ2n) is 3.50. The molecule has 6 heteroatoms. The Morgan fingerprint density at radius 2 is 2.50 bits per heavy atom. The van der Waals surface area contributed by atoms with E-state index in [1.54, 1.807) is 18.1 Å². The van der Waals surface area contributed by atoms with Gasteiger partial charge in [-0.25, -0.2) is 9.97 Å². The van der Waals surface area contributed by atoms with Gasteiger partial charge in [-0.1, -0.05) is 15.9 Å². The summed E-state index contributed by atoms with van der Waals surface area (Å²) in [6, 6.07) is 2.39. The largest absolute Gasteiger partial charge is 0.377 e. The Morgan fingerprint density at radius 1 is 1.62 bits per heavy atom. The van der Waals surface area contributed by atoms with Crippen molar-refractivity contribution in [1.82, 2.24) is 9.97 Å². The average molecular weight is 304 g/mol. The van der Waals surface area contributed by atoms with Crippen LogP contribution in [0.15, 0.2) is 17.4 Å². The van der Waals surface area contributed by atoms with Crippen LogP contribution in [0.2, 0.25) is 0 Å². The van der Waals surface area contributed by atoms with Gasteiger partial charge in [0.2, 0.25) is 0 Å². The molecule has 1 saturated heterocycles. The van der Waals surface area contributed by atoms with Crippen LogP contribution in [0.25, 0.3) is 0 Å². The van der Waals surface area contributed by atoms with Crippen molar-refractivity contribution in [2.75, 3.05) is 36.2 Å². The predicted octanol–water partition coefficient (Wildman–Crippen LogP) is 1.80. The molecule has 1 atom stereocenters. The molecule has 1 fully saturated rings. The van der Waals surface area contributed by atoms with Crippen LogP contribution >= 0.6 is 27.7 Å². The molecule has 0 radical (unpaired) electrons. The van der Waals surface area contributed by atoms with Crippen molar-refractivity contribution in [3.05, 3.63) is 12.4 Å². The van der Waals surface area contributed by atoms with Gasteiger partial charge in [0.25, 0.3) is 0 Å². The fourth-order valence-electron chi connectivity index (χ4n) is 1.68. The molecule has 16 heavy (non-hydrogen) atoms. The third-order valence-corrected chi connectivity index (χ3v) is 3.93. The van der Waals surface area contributed by atoms with Gasteiger partial charge in [0.05, 0.1) is 19.3 Å². The summed E-state index contributed by atoms with van der Waals surface area (Å²) < 4.78 is 5.46. The van der Waals surface area contributed by atoms with Gasteiger partial charge in [-0.15, -0.1) is 11.8 Å². The Kier molecular flexibility index (Phi) is 4.43. The summed E-state index contributed by atoms with van der Waals surface area (Å²) in [6.45, 7) is 2.41. The SMILES string of the molecule is CSc1cc(N2CCOCC2CBr)ncn1. The molecule has 0 saturated carbocycles. The summed E-state index contributed by atoms with van der Waals surface area (Å²) >= 11 is 5.15. The zero-order chi connectivity index (χ0) is 11.4. The van der Waals surface area contributed by atoms with Crippen LogP contribution in [0.4, 0.5) is 5.82 Å². The first-order valence-corrected chi connectivity index (χ1v) is 7.46. The van der Waals surface area contributed by atoms with Crippen LogP contribution in [0.5, 0.6) is 0 Å². The summed E-state index contributed by atoms with van der Waals surface area (Å²) in [4.78, 5) is 10.8. The molecular formula is C10H14BrN3OS. The fraction of sp³-hybridized carbons (Fsp3) is 0.600. The van der Waals surface area contributed by atoms with Crippen molar-refractivity contribution in [1.29, 1.82) is 0 Å². The van der Waals surface area contributed by atoms with Gasteiger partial charge in [0.1, 0.15) is 17.2 Å². The average Bonchev–Trinajstić information content (AvgIpc) is 2.38. The van der Waals surface area contributed by atoms with Crippen LogP contribution in [0, 0.1) is 0 Å². The summed E-state index contributed by atoms with van der Waals surface area (Å²) in [7, 11) is 0. The molecule has 0 aliphatic carbocycles. The van der Waals surface area contributed by atoms with Gasteiger partial charge >= 0.3 is 0 Å². The van der Waals surface area contributed by atoms with Crippen molar-refractivity contribution in [3.63, 3.8) is 0 Å². The zero-order valence-corrected chi connectivity index (χ0v) is 11.5. The first-order chi connectivity index (χ1) is 7.85. The van der Waals surface area contributed by atoms with Crippen LogP contribution in [-0.2, 0) is 4.74 Å². The number of anilines is 1. The molecular weight excluding hydrogens is 290 g/mol. The lowest BCUT2D eigenvalue weighted by molar-refractivity contribution is 0.0999. The number of halogens is 1. The van der Waals surface area contributed by atoms with Crippen molar-refractivity contribution >= 4 is 33.5 Å². The number of nitrogens with zero attached hydrogens (tertiary/aromatic N) is 3. The van der Waals surface area contributed by atoms with E-state index in [1.807, 2.05) is 12.3 Å². The summed E-state index contributed by atoms with van der Waals surface area (Å²) in [5.41, 5.74) is 0. The van der Waals surface area contributed by atoms with E-state index < -0.39 is 0 Å². The zero-order valence-electron chi connectivity index (χ0n) is 9.10. The lowest BCUT2D eigenvalue weighted by Gasteiger charge is -2.35. The molecule has 1 aromatic heterocycles. The summed E-state index contributed by atoms with van der Waals surface area (Å²) in [5, 5.41) is 1.90. The lowest BCUT2D eigenvalue weighted by Crippen LogP contribution is -2.47. The minimum Gasteiger partial charge on any atom is -0.377 e. The third-order valence-electron chi connectivity index (χ3n) is 2.54. The Bertz CT molecular complexity index is 353. The van der Waals surface area contributed by atoms with Gasteiger partial charge in [-0.2, -0.15) is 0 Å². The molecule has 88 valence electrons. The minimum atomic E-state index is 0.360. The molecule has 0 amide bonds. The number of thioether (sulfide) groups is 1. The minimum absolute atomic E-state index is 0.360. The van der Waals surface area contributed by atoms with Crippen LogP contribution in [0.1, 0.15) is 0 Å². The second kappa shape index (κ2) is 5.84. The molecule has 1 unspecified atom stereocenters. The molecule has 0 aromatic carbocycles. The van der Waals surface area contributed by atoms with Crippen molar-refractivity contribution in [3.8, 4) is 0 Å². The van der Waals surface area contributed by atoms with Crippen LogP contribution in [-0.4, -0.2) is 47.4 Å². The van der Waals surface area contributed by atoms with E-state index in [4.69, 9.17) is 4.74 Å². The maximum Gasteiger partial charge on any atom is 0.133 e. The van der Waals surface area contributed by atoms with E-state index in [0.717, 1.165) is 35.9 Å². The maximum absolute atomic E-state index is 5.46. The quantitative estimate of drug-likeness (QED) is 0.484. The molecule has 1 aromatic rings. The Balaban J connectivity index is 2.20. The van der Waals surface area contributed by atoms with Gasteiger partial charge in [0, 0.05) is 17.9 Å². The maximum atomic E-state index is 5.46. The number of morpholine rings is 1. The molecule has 2 rings (SSSR count). The van der Waals surface area contributed by atoms with Crippen molar-refractivity contribution in [2.45, 2.75) is 11.1 Å². The van der Waals surface area contributed by atoms with Gasteiger partial charge in [-0.3, -0.25) is 0 Å². The highest BCUT2D eigenvalue weighted by Gasteiger charge is 2.23. The first-order valence-electron chi connectivity index (χ1n) is 5.11. The predicted molar refractivity (Wildman–Crippen MR) is 69.6 cm³/mol. The van der Waals surface area contributed by atoms with Crippen LogP contribution in [0.3, 0.4) is 0 Å². The molecule has 4 nitrogen and oxygen atoms in total. The number of aromatic nitrogens is 2. The topological polar surface area (TPSA) is 38.2 Å². The Morgan fingerprint density at radius 3 is 3.25 bits per heavy atom. The normalized spacial score (nSPS) is 21.1. The Hall–Kier alpha value is -0.330. The lowest BCUT2D eigenvalue weighted by atomic mass is 10.2. The summed E-state index contributed by atoms with van der Waals surface area (Å²) in [5.74, 6) is 0.993. The van der Waals surface area contributed by atoms with E-state index in [0.29, 0.717) is 6.04 Å². The number of rotatable bonds is 3. The van der Waals surface area contributed by atoms with Crippen molar-refractivity contribution < 1.29 is 4.74 Å². The van der Waals surface area contributed by atoms with E-state index in [1.165, 1.54) is 0 Å². The molecule has 0 spiro atoms. The highest BCUT2D eigenvalue weighted by Crippen LogP contribution is 2.21. The molecule has 0 bridgehead atoms. The van der Waals surface area contributed by atoms with E-state index in [2.05, 4.69) is 30.8 Å². The monoisotopic (exact) mass is 303 g/mol. The highest BCUT2D eigenvalue weighted by atomic mass is 79.9. The van der Waals surface area contributed by atoms with Gasteiger partial charge < -0.3 is 9.64 Å². The standard InChI is InChI=1S/C10H14BrN3OS/c1-16-10-4-9(12-7-13-10)14-2-3-15-6-8(14)5-11/h4,7-8H,2-3,5-6H2,1H3. The van der Waals surface area contributed by atoms with Crippen molar-refractivity contribution in [2.24, 2.45) is 0 Å². The third kappa shape index (κ3) is 2.67. The molecule has 0 N–H and O–H groups in total. The number of hydrogen-bond acceptors (Lipinski definition) is 5. The van der Waals surface area contributed by atoms with Gasteiger partial charge in [0.15, 0.2) is 0 Å². The number of alkyl halides is 1. The van der Waals surface area contributed by atoms with E-state index in [9.17, 15) is 0 Å². The second-order valence-corrected chi connectivity index (χ2v) is 4.97. The summed E-state index contributed by atoms with van der Waals surface area (Å²) in [6.07, 6.45) is 3.65. The van der Waals surface area contributed by atoms with Crippen LogP contribution < -0.4 is 4.90 Å². The fourth-order valence-corrected chi connectivity index (χ4v) is 2.60. The number of hydrogen-bond donors (Lipinski definition) is 0. The molecule has 1 aliphatic rings. The van der Waals surface area contributed by atoms with E-state index in [-0.39, 0.29) is 0 Å². The number of ether oxygens (including phenoxy) is 1.